The molecule has 3 heteroatoms. The van der Waals surface area contributed by atoms with Crippen molar-refractivity contribution in [2.45, 2.75) is 64.7 Å². The standard InChI is InChI=1S/C19H31NO2/c1-3-5-14-21-18-12-13-19(22-15-6-4-2)20(16-18)17-10-8-7-9-11-17/h7-11,18-19H,3-6,12-16H2,1-2H3. The monoisotopic (exact) mass is 305 g/mol. The molecule has 0 amide bonds. The Morgan fingerprint density at radius 2 is 1.64 bits per heavy atom. The molecule has 0 aromatic heterocycles. The summed E-state index contributed by atoms with van der Waals surface area (Å²) >= 11 is 0. The van der Waals surface area contributed by atoms with Gasteiger partial charge in [-0.1, -0.05) is 44.9 Å². The fourth-order valence-corrected chi connectivity index (χ4v) is 2.87. The van der Waals surface area contributed by atoms with Crippen molar-refractivity contribution in [3.63, 3.8) is 0 Å². The average molecular weight is 305 g/mol. The van der Waals surface area contributed by atoms with E-state index in [2.05, 4.69) is 49.1 Å². The van der Waals surface area contributed by atoms with Crippen molar-refractivity contribution in [3.05, 3.63) is 30.3 Å². The van der Waals surface area contributed by atoms with Crippen molar-refractivity contribution < 1.29 is 9.47 Å². The van der Waals surface area contributed by atoms with E-state index in [1.54, 1.807) is 0 Å². The van der Waals surface area contributed by atoms with Crippen LogP contribution in [0.25, 0.3) is 0 Å². The van der Waals surface area contributed by atoms with Gasteiger partial charge in [-0.25, -0.2) is 0 Å². The maximum absolute atomic E-state index is 6.13. The molecule has 3 nitrogen and oxygen atoms in total. The molecule has 1 heterocycles. The van der Waals surface area contributed by atoms with E-state index in [1.165, 1.54) is 18.5 Å². The molecule has 22 heavy (non-hydrogen) atoms. The Hall–Kier alpha value is -1.06. The summed E-state index contributed by atoms with van der Waals surface area (Å²) in [7, 11) is 0. The van der Waals surface area contributed by atoms with Crippen molar-refractivity contribution in [1.29, 1.82) is 0 Å². The molecule has 2 atom stereocenters. The number of para-hydroxylation sites is 1. The second-order valence-electron chi connectivity index (χ2n) is 6.09. The second kappa shape index (κ2) is 9.86. The van der Waals surface area contributed by atoms with Crippen LogP contribution in [0.15, 0.2) is 30.3 Å². The molecule has 0 saturated carbocycles. The molecule has 1 aliphatic heterocycles. The van der Waals surface area contributed by atoms with Gasteiger partial charge in [0.1, 0.15) is 6.23 Å². The minimum atomic E-state index is 0.194. The van der Waals surface area contributed by atoms with Crippen LogP contribution in [-0.2, 0) is 9.47 Å². The molecule has 2 unspecified atom stereocenters. The zero-order chi connectivity index (χ0) is 15.6. The Balaban J connectivity index is 1.95. The van der Waals surface area contributed by atoms with Crippen LogP contribution in [0.5, 0.6) is 0 Å². The number of piperidine rings is 1. The van der Waals surface area contributed by atoms with Gasteiger partial charge in [0.05, 0.1) is 6.10 Å². The minimum absolute atomic E-state index is 0.194. The number of benzene rings is 1. The smallest absolute Gasteiger partial charge is 0.130 e. The molecule has 2 rings (SSSR count). The maximum Gasteiger partial charge on any atom is 0.130 e. The molecule has 1 aromatic rings. The topological polar surface area (TPSA) is 21.7 Å². The van der Waals surface area contributed by atoms with Gasteiger partial charge in [0.25, 0.3) is 0 Å². The molecule has 1 saturated heterocycles. The molecular weight excluding hydrogens is 274 g/mol. The van der Waals surface area contributed by atoms with Gasteiger partial charge in [0, 0.05) is 25.4 Å². The number of anilines is 1. The summed E-state index contributed by atoms with van der Waals surface area (Å²) in [4.78, 5) is 2.38. The molecule has 0 bridgehead atoms. The Labute approximate surface area is 135 Å². The van der Waals surface area contributed by atoms with E-state index >= 15 is 0 Å². The second-order valence-corrected chi connectivity index (χ2v) is 6.09. The number of unbranched alkanes of at least 4 members (excludes halogenated alkanes) is 2. The molecule has 1 fully saturated rings. The van der Waals surface area contributed by atoms with Crippen LogP contribution in [-0.4, -0.2) is 32.1 Å². The lowest BCUT2D eigenvalue weighted by atomic mass is 10.1. The molecule has 0 radical (unpaired) electrons. The average Bonchev–Trinajstić information content (AvgIpc) is 2.57. The fraction of sp³-hybridized carbons (Fsp3) is 0.684. The van der Waals surface area contributed by atoms with Crippen molar-refractivity contribution >= 4 is 5.69 Å². The largest absolute Gasteiger partial charge is 0.376 e. The van der Waals surface area contributed by atoms with E-state index in [-0.39, 0.29) is 6.23 Å². The maximum atomic E-state index is 6.13. The van der Waals surface area contributed by atoms with Gasteiger partial charge in [-0.3, -0.25) is 0 Å². The number of hydrogen-bond donors (Lipinski definition) is 0. The highest BCUT2D eigenvalue weighted by atomic mass is 16.5. The number of nitrogens with zero attached hydrogens (tertiary/aromatic N) is 1. The van der Waals surface area contributed by atoms with E-state index in [9.17, 15) is 0 Å². The van der Waals surface area contributed by atoms with Crippen LogP contribution in [0.1, 0.15) is 52.4 Å². The summed E-state index contributed by atoms with van der Waals surface area (Å²) in [5.41, 5.74) is 1.24. The van der Waals surface area contributed by atoms with Crippen molar-refractivity contribution in [3.8, 4) is 0 Å². The highest BCUT2D eigenvalue weighted by Gasteiger charge is 2.29. The van der Waals surface area contributed by atoms with Crippen molar-refractivity contribution in [2.75, 3.05) is 24.7 Å². The molecule has 124 valence electrons. The lowest BCUT2D eigenvalue weighted by Crippen LogP contribution is -2.48. The lowest BCUT2D eigenvalue weighted by Gasteiger charge is -2.40. The molecule has 1 aromatic carbocycles. The van der Waals surface area contributed by atoms with Crippen LogP contribution in [0.2, 0.25) is 0 Å². The first kappa shape index (κ1) is 17.3. The van der Waals surface area contributed by atoms with Gasteiger partial charge in [0.15, 0.2) is 0 Å². The first-order valence-corrected chi connectivity index (χ1v) is 8.90. The molecule has 1 aliphatic rings. The minimum Gasteiger partial charge on any atom is -0.376 e. The predicted molar refractivity (Wildman–Crippen MR) is 92.3 cm³/mol. The van der Waals surface area contributed by atoms with Crippen LogP contribution in [0, 0.1) is 0 Å². The Morgan fingerprint density at radius 3 is 2.32 bits per heavy atom. The summed E-state index contributed by atoms with van der Waals surface area (Å²) in [5, 5.41) is 0. The van der Waals surface area contributed by atoms with Crippen LogP contribution < -0.4 is 4.90 Å². The fourth-order valence-electron chi connectivity index (χ4n) is 2.87. The summed E-state index contributed by atoms with van der Waals surface area (Å²) in [5.74, 6) is 0. The van der Waals surface area contributed by atoms with Crippen LogP contribution in [0.4, 0.5) is 5.69 Å². The van der Waals surface area contributed by atoms with E-state index in [1.807, 2.05) is 0 Å². The molecule has 0 spiro atoms. The Kier molecular flexibility index (Phi) is 7.75. The normalized spacial score (nSPS) is 22.0. The Bertz CT molecular complexity index is 396. The number of rotatable bonds is 9. The first-order valence-electron chi connectivity index (χ1n) is 8.90. The quantitative estimate of drug-likeness (QED) is 0.622. The highest BCUT2D eigenvalue weighted by Crippen LogP contribution is 2.27. The zero-order valence-electron chi connectivity index (χ0n) is 14.2. The SMILES string of the molecule is CCCCOC1CCC(OCCCC)N(c2ccccc2)C1. The zero-order valence-corrected chi connectivity index (χ0v) is 14.2. The third kappa shape index (κ3) is 5.29. The molecule has 0 aliphatic carbocycles. The van der Waals surface area contributed by atoms with Gasteiger partial charge in [-0.2, -0.15) is 0 Å². The van der Waals surface area contributed by atoms with Crippen LogP contribution in [0.3, 0.4) is 0 Å². The third-order valence-corrected chi connectivity index (χ3v) is 4.23. The van der Waals surface area contributed by atoms with E-state index in [4.69, 9.17) is 9.47 Å². The van der Waals surface area contributed by atoms with E-state index in [0.717, 1.165) is 45.4 Å². The summed E-state index contributed by atoms with van der Waals surface area (Å²) in [6.45, 7) is 7.08. The van der Waals surface area contributed by atoms with Crippen molar-refractivity contribution in [1.82, 2.24) is 0 Å². The summed E-state index contributed by atoms with van der Waals surface area (Å²) in [6, 6.07) is 10.6. The Morgan fingerprint density at radius 1 is 0.955 bits per heavy atom. The van der Waals surface area contributed by atoms with Gasteiger partial charge in [-0.05, 0) is 37.8 Å². The van der Waals surface area contributed by atoms with E-state index in [0.29, 0.717) is 6.10 Å². The predicted octanol–water partition coefficient (Wildman–Crippen LogP) is 4.61. The van der Waals surface area contributed by atoms with Gasteiger partial charge < -0.3 is 14.4 Å². The van der Waals surface area contributed by atoms with Gasteiger partial charge in [0.2, 0.25) is 0 Å². The highest BCUT2D eigenvalue weighted by molar-refractivity contribution is 5.47. The van der Waals surface area contributed by atoms with Gasteiger partial charge >= 0.3 is 0 Å². The number of hydrogen-bond acceptors (Lipinski definition) is 3. The summed E-state index contributed by atoms with van der Waals surface area (Å²) in [6.07, 6.45) is 7.34. The van der Waals surface area contributed by atoms with Crippen LogP contribution >= 0.6 is 0 Å². The first-order chi connectivity index (χ1) is 10.8. The molecular formula is C19H31NO2. The third-order valence-electron chi connectivity index (χ3n) is 4.23. The molecule has 0 N–H and O–H groups in total. The van der Waals surface area contributed by atoms with Crippen molar-refractivity contribution in [2.24, 2.45) is 0 Å². The number of ether oxygens (including phenoxy) is 2. The summed E-state index contributed by atoms with van der Waals surface area (Å²) < 4.78 is 12.2. The van der Waals surface area contributed by atoms with E-state index < -0.39 is 0 Å². The van der Waals surface area contributed by atoms with Gasteiger partial charge in [-0.15, -0.1) is 0 Å². The lowest BCUT2D eigenvalue weighted by molar-refractivity contribution is -0.0200.